The summed E-state index contributed by atoms with van der Waals surface area (Å²) in [5, 5.41) is 2.69. The van der Waals surface area contributed by atoms with E-state index >= 15 is 0 Å². The minimum Gasteiger partial charge on any atom is -0.497 e. The number of carbonyl (C=O) groups excluding carboxylic acids is 1. The minimum absolute atomic E-state index is 0.0721. The zero-order chi connectivity index (χ0) is 21.4. The van der Waals surface area contributed by atoms with Crippen molar-refractivity contribution in [3.63, 3.8) is 0 Å². The molecular weight excluding hydrogens is 408 g/mol. The van der Waals surface area contributed by atoms with Gasteiger partial charge >= 0.3 is 0 Å². The van der Waals surface area contributed by atoms with Crippen molar-refractivity contribution in [2.45, 2.75) is 23.8 Å². The SMILES string of the molecule is COc1ccc(S(=O)(=O)NCCNC(=O)c2ccc(OCC3CCCO3)cc2)cc1. The van der Waals surface area contributed by atoms with Crippen molar-refractivity contribution in [3.05, 3.63) is 54.1 Å². The molecule has 2 aromatic rings. The Kier molecular flexibility index (Phi) is 7.67. The van der Waals surface area contributed by atoms with Crippen LogP contribution in [0.4, 0.5) is 0 Å². The number of hydrogen-bond donors (Lipinski definition) is 2. The first-order valence-electron chi connectivity index (χ1n) is 9.74. The molecule has 0 radical (unpaired) electrons. The van der Waals surface area contributed by atoms with Gasteiger partial charge in [0, 0.05) is 25.3 Å². The molecule has 1 unspecified atom stereocenters. The van der Waals surface area contributed by atoms with E-state index in [-0.39, 0.29) is 30.0 Å². The van der Waals surface area contributed by atoms with E-state index in [1.54, 1.807) is 36.4 Å². The maximum atomic E-state index is 12.3. The molecule has 1 heterocycles. The van der Waals surface area contributed by atoms with Crippen LogP contribution in [0.1, 0.15) is 23.2 Å². The van der Waals surface area contributed by atoms with Crippen LogP contribution in [0, 0.1) is 0 Å². The molecule has 30 heavy (non-hydrogen) atoms. The normalized spacial score (nSPS) is 16.2. The molecule has 1 aliphatic rings. The summed E-state index contributed by atoms with van der Waals surface area (Å²) in [5.41, 5.74) is 0.470. The molecule has 1 saturated heterocycles. The average Bonchev–Trinajstić information content (AvgIpc) is 3.29. The first-order chi connectivity index (χ1) is 14.5. The Bertz CT molecular complexity index is 923. The van der Waals surface area contributed by atoms with Gasteiger partial charge in [-0.25, -0.2) is 13.1 Å². The predicted molar refractivity (Wildman–Crippen MR) is 111 cm³/mol. The highest BCUT2D eigenvalue weighted by molar-refractivity contribution is 7.89. The van der Waals surface area contributed by atoms with E-state index in [0.717, 1.165) is 19.4 Å². The second kappa shape index (κ2) is 10.4. The molecule has 9 heteroatoms. The van der Waals surface area contributed by atoms with Gasteiger partial charge in [-0.3, -0.25) is 4.79 Å². The topological polar surface area (TPSA) is 103 Å². The first kappa shape index (κ1) is 22.1. The maximum Gasteiger partial charge on any atom is 0.251 e. The molecule has 3 rings (SSSR count). The molecule has 1 amide bonds. The van der Waals surface area contributed by atoms with Gasteiger partial charge in [-0.15, -0.1) is 0 Å². The van der Waals surface area contributed by atoms with Crippen molar-refractivity contribution in [2.75, 3.05) is 33.4 Å². The van der Waals surface area contributed by atoms with E-state index in [2.05, 4.69) is 10.0 Å². The zero-order valence-corrected chi connectivity index (χ0v) is 17.6. The molecule has 2 aromatic carbocycles. The Hall–Kier alpha value is -2.62. The Balaban J connectivity index is 1.41. The Morgan fingerprint density at radius 3 is 2.40 bits per heavy atom. The van der Waals surface area contributed by atoms with Crippen molar-refractivity contribution in [3.8, 4) is 11.5 Å². The first-order valence-corrected chi connectivity index (χ1v) is 11.2. The number of amides is 1. The van der Waals surface area contributed by atoms with Crippen LogP contribution in [-0.2, 0) is 14.8 Å². The number of benzene rings is 2. The fourth-order valence-electron chi connectivity index (χ4n) is 2.97. The molecule has 0 aromatic heterocycles. The third kappa shape index (κ3) is 6.19. The van der Waals surface area contributed by atoms with Gasteiger partial charge < -0.3 is 19.5 Å². The fraction of sp³-hybridized carbons (Fsp3) is 0.381. The summed E-state index contributed by atoms with van der Waals surface area (Å²) < 4.78 is 43.2. The lowest BCUT2D eigenvalue weighted by molar-refractivity contribution is 0.0679. The second-order valence-electron chi connectivity index (χ2n) is 6.80. The Morgan fingerprint density at radius 2 is 1.77 bits per heavy atom. The van der Waals surface area contributed by atoms with Crippen molar-refractivity contribution in [1.29, 1.82) is 0 Å². The van der Waals surface area contributed by atoms with E-state index in [0.29, 0.717) is 23.7 Å². The third-order valence-corrected chi connectivity index (χ3v) is 6.13. The Morgan fingerprint density at radius 1 is 1.07 bits per heavy atom. The van der Waals surface area contributed by atoms with Crippen LogP contribution in [0.5, 0.6) is 11.5 Å². The molecule has 1 atom stereocenters. The largest absolute Gasteiger partial charge is 0.497 e. The number of nitrogens with one attached hydrogen (secondary N) is 2. The number of methoxy groups -OCH3 is 1. The van der Waals surface area contributed by atoms with Gasteiger partial charge in [0.15, 0.2) is 0 Å². The lowest BCUT2D eigenvalue weighted by Gasteiger charge is -2.12. The smallest absolute Gasteiger partial charge is 0.251 e. The van der Waals surface area contributed by atoms with E-state index in [1.807, 2.05) is 0 Å². The van der Waals surface area contributed by atoms with Gasteiger partial charge in [-0.05, 0) is 61.4 Å². The van der Waals surface area contributed by atoms with Crippen molar-refractivity contribution in [2.24, 2.45) is 0 Å². The van der Waals surface area contributed by atoms with Crippen LogP contribution >= 0.6 is 0 Å². The molecule has 2 N–H and O–H groups in total. The van der Waals surface area contributed by atoms with Crippen molar-refractivity contribution in [1.82, 2.24) is 10.0 Å². The molecule has 162 valence electrons. The van der Waals surface area contributed by atoms with Crippen LogP contribution in [-0.4, -0.2) is 53.8 Å². The number of carbonyl (C=O) groups is 1. The van der Waals surface area contributed by atoms with Crippen LogP contribution in [0.25, 0.3) is 0 Å². The van der Waals surface area contributed by atoms with Crippen molar-refractivity contribution < 1.29 is 27.4 Å². The van der Waals surface area contributed by atoms with Crippen LogP contribution < -0.4 is 19.5 Å². The van der Waals surface area contributed by atoms with Gasteiger partial charge in [0.05, 0.1) is 18.1 Å². The summed E-state index contributed by atoms with van der Waals surface area (Å²) in [6.45, 7) is 1.51. The molecule has 0 aliphatic carbocycles. The molecular formula is C21H26N2O6S. The molecule has 8 nitrogen and oxygen atoms in total. The summed E-state index contributed by atoms with van der Waals surface area (Å²) in [5.74, 6) is 0.961. The number of ether oxygens (including phenoxy) is 3. The monoisotopic (exact) mass is 434 g/mol. The second-order valence-corrected chi connectivity index (χ2v) is 8.57. The number of rotatable bonds is 10. The summed E-state index contributed by atoms with van der Waals surface area (Å²) in [4.78, 5) is 12.4. The fourth-order valence-corrected chi connectivity index (χ4v) is 4.00. The van der Waals surface area contributed by atoms with E-state index in [9.17, 15) is 13.2 Å². The molecule has 0 saturated carbocycles. The lowest BCUT2D eigenvalue weighted by atomic mass is 10.2. The zero-order valence-electron chi connectivity index (χ0n) is 16.8. The summed E-state index contributed by atoms with van der Waals surface area (Å²) in [7, 11) is -2.14. The lowest BCUT2D eigenvalue weighted by Crippen LogP contribution is -2.34. The van der Waals surface area contributed by atoms with Gasteiger partial charge in [0.1, 0.15) is 18.1 Å². The predicted octanol–water partition coefficient (Wildman–Crippen LogP) is 1.96. The highest BCUT2D eigenvalue weighted by atomic mass is 32.2. The van der Waals surface area contributed by atoms with Crippen molar-refractivity contribution >= 4 is 15.9 Å². The molecule has 0 bridgehead atoms. The average molecular weight is 435 g/mol. The van der Waals surface area contributed by atoms with Gasteiger partial charge in [0.25, 0.3) is 5.91 Å². The third-order valence-electron chi connectivity index (χ3n) is 4.65. The van der Waals surface area contributed by atoms with Gasteiger partial charge in [-0.1, -0.05) is 0 Å². The highest BCUT2D eigenvalue weighted by Crippen LogP contribution is 2.17. The van der Waals surface area contributed by atoms with E-state index in [1.165, 1.54) is 19.2 Å². The standard InChI is InChI=1S/C21H26N2O6S/c1-27-17-8-10-20(11-9-17)30(25,26)23-13-12-22-21(24)16-4-6-18(7-5-16)29-15-19-3-2-14-28-19/h4-11,19,23H,2-3,12-15H2,1H3,(H,22,24). The molecule has 1 aliphatic heterocycles. The van der Waals surface area contributed by atoms with Gasteiger partial charge in [-0.2, -0.15) is 0 Å². The van der Waals surface area contributed by atoms with Crippen LogP contribution in [0.3, 0.4) is 0 Å². The quantitative estimate of drug-likeness (QED) is 0.554. The molecule has 1 fully saturated rings. The summed E-state index contributed by atoms with van der Waals surface area (Å²) in [6, 6.07) is 12.9. The number of hydrogen-bond acceptors (Lipinski definition) is 6. The minimum atomic E-state index is -3.65. The summed E-state index contributed by atoms with van der Waals surface area (Å²) >= 11 is 0. The van der Waals surface area contributed by atoms with Crippen LogP contribution in [0.2, 0.25) is 0 Å². The Labute approximate surface area is 176 Å². The van der Waals surface area contributed by atoms with Gasteiger partial charge in [0.2, 0.25) is 10.0 Å². The molecule has 0 spiro atoms. The van der Waals surface area contributed by atoms with Crippen LogP contribution in [0.15, 0.2) is 53.4 Å². The highest BCUT2D eigenvalue weighted by Gasteiger charge is 2.16. The van der Waals surface area contributed by atoms with E-state index in [4.69, 9.17) is 14.2 Å². The summed E-state index contributed by atoms with van der Waals surface area (Å²) in [6.07, 6.45) is 2.20. The maximum absolute atomic E-state index is 12.3. The van der Waals surface area contributed by atoms with E-state index < -0.39 is 10.0 Å². The number of sulfonamides is 1.